The van der Waals surface area contributed by atoms with E-state index in [9.17, 15) is 9.59 Å². The van der Waals surface area contributed by atoms with Gasteiger partial charge < -0.3 is 5.32 Å². The highest BCUT2D eigenvalue weighted by Crippen LogP contribution is 2.29. The van der Waals surface area contributed by atoms with Gasteiger partial charge in [0.2, 0.25) is 11.8 Å². The largest absolute Gasteiger partial charge is 0.325 e. The first-order valence-corrected chi connectivity index (χ1v) is 10.4. The van der Waals surface area contributed by atoms with Crippen molar-refractivity contribution in [2.24, 2.45) is 4.99 Å². The van der Waals surface area contributed by atoms with Crippen LogP contribution in [0.1, 0.15) is 17.5 Å². The first-order chi connectivity index (χ1) is 12.8. The van der Waals surface area contributed by atoms with E-state index in [1.54, 1.807) is 7.05 Å². The van der Waals surface area contributed by atoms with E-state index >= 15 is 0 Å². The SMILES string of the molecule is Cc1ccc(NC(=O)[C@@H]2CC(=O)N(C)C(=Nc3ccc(I)cc3)S2)c(C)c1. The molecule has 7 heteroatoms. The lowest BCUT2D eigenvalue weighted by atomic mass is 10.1. The van der Waals surface area contributed by atoms with Crippen LogP contribution in [0.2, 0.25) is 0 Å². The van der Waals surface area contributed by atoms with Gasteiger partial charge in [-0.1, -0.05) is 29.5 Å². The maximum atomic E-state index is 12.7. The van der Waals surface area contributed by atoms with E-state index < -0.39 is 5.25 Å². The standard InChI is InChI=1S/C20H20IN3O2S/c1-12-4-9-16(13(2)10-12)23-19(26)17-11-18(25)24(3)20(27-17)22-15-7-5-14(21)6-8-15/h4-10,17H,11H2,1-3H3,(H,23,26)/t17-/m0/s1. The molecule has 0 radical (unpaired) electrons. The number of aliphatic imine (C=N–C) groups is 1. The molecule has 5 nitrogen and oxygen atoms in total. The number of amides is 2. The second-order valence-corrected chi connectivity index (χ2v) is 8.86. The number of hydrogen-bond donors (Lipinski definition) is 1. The molecule has 1 heterocycles. The molecular weight excluding hydrogens is 473 g/mol. The molecule has 2 aromatic carbocycles. The summed E-state index contributed by atoms with van der Waals surface area (Å²) >= 11 is 3.55. The number of anilines is 1. The summed E-state index contributed by atoms with van der Waals surface area (Å²) in [7, 11) is 1.69. The average Bonchev–Trinajstić information content (AvgIpc) is 2.63. The first-order valence-electron chi connectivity index (χ1n) is 8.49. The van der Waals surface area contributed by atoms with Crippen LogP contribution < -0.4 is 5.32 Å². The Kier molecular flexibility index (Phi) is 6.21. The first kappa shape index (κ1) is 19.9. The Bertz CT molecular complexity index is 912. The Balaban J connectivity index is 1.78. The molecule has 140 valence electrons. The van der Waals surface area contributed by atoms with Gasteiger partial charge in [0.1, 0.15) is 5.25 Å². The van der Waals surface area contributed by atoms with Gasteiger partial charge >= 0.3 is 0 Å². The van der Waals surface area contributed by atoms with Gasteiger partial charge in [0.15, 0.2) is 5.17 Å². The van der Waals surface area contributed by atoms with Crippen LogP contribution in [0.4, 0.5) is 11.4 Å². The second-order valence-electron chi connectivity index (χ2n) is 6.44. The number of nitrogens with zero attached hydrogens (tertiary/aromatic N) is 2. The fraction of sp³-hybridized carbons (Fsp3) is 0.250. The molecule has 3 rings (SSSR count). The van der Waals surface area contributed by atoms with Crippen LogP contribution in [-0.4, -0.2) is 34.2 Å². The Morgan fingerprint density at radius 3 is 2.59 bits per heavy atom. The Hall–Kier alpha value is -1.87. The van der Waals surface area contributed by atoms with Crippen molar-refractivity contribution >= 4 is 62.7 Å². The number of rotatable bonds is 3. The van der Waals surface area contributed by atoms with Gasteiger partial charge in [0, 0.05) is 22.7 Å². The maximum Gasteiger partial charge on any atom is 0.238 e. The molecule has 1 saturated heterocycles. The van der Waals surface area contributed by atoms with E-state index in [4.69, 9.17) is 0 Å². The number of thioether (sulfide) groups is 1. The van der Waals surface area contributed by atoms with E-state index in [0.29, 0.717) is 5.17 Å². The van der Waals surface area contributed by atoms with Crippen LogP contribution in [0.25, 0.3) is 0 Å². The topological polar surface area (TPSA) is 61.8 Å². The Labute approximate surface area is 176 Å². The van der Waals surface area contributed by atoms with Crippen molar-refractivity contribution in [3.63, 3.8) is 0 Å². The lowest BCUT2D eigenvalue weighted by molar-refractivity contribution is -0.128. The van der Waals surface area contributed by atoms with Gasteiger partial charge in [0.05, 0.1) is 5.69 Å². The van der Waals surface area contributed by atoms with Crippen LogP contribution in [0, 0.1) is 17.4 Å². The Morgan fingerprint density at radius 1 is 1.22 bits per heavy atom. The molecule has 1 aliphatic heterocycles. The molecule has 1 N–H and O–H groups in total. The van der Waals surface area contributed by atoms with Crippen molar-refractivity contribution < 1.29 is 9.59 Å². The fourth-order valence-corrected chi connectivity index (χ4v) is 4.11. The minimum absolute atomic E-state index is 0.112. The van der Waals surface area contributed by atoms with Gasteiger partial charge in [-0.2, -0.15) is 0 Å². The predicted octanol–water partition coefficient (Wildman–Crippen LogP) is 4.50. The van der Waals surface area contributed by atoms with Crippen molar-refractivity contribution in [3.05, 3.63) is 57.2 Å². The molecule has 0 spiro atoms. The normalized spacial score (nSPS) is 18.7. The summed E-state index contributed by atoms with van der Waals surface area (Å²) in [5.41, 5.74) is 3.67. The zero-order valence-corrected chi connectivity index (χ0v) is 18.3. The highest BCUT2D eigenvalue weighted by Gasteiger charge is 2.34. The molecule has 0 aliphatic carbocycles. The fourth-order valence-electron chi connectivity index (χ4n) is 2.69. The number of halogens is 1. The molecule has 2 aromatic rings. The lowest BCUT2D eigenvalue weighted by Gasteiger charge is -2.29. The molecule has 0 saturated carbocycles. The van der Waals surface area contributed by atoms with E-state index in [1.807, 2.05) is 56.3 Å². The maximum absolute atomic E-state index is 12.7. The summed E-state index contributed by atoms with van der Waals surface area (Å²) in [6.07, 6.45) is 0.156. The number of nitrogens with one attached hydrogen (secondary N) is 1. The molecule has 27 heavy (non-hydrogen) atoms. The quantitative estimate of drug-likeness (QED) is 0.641. The van der Waals surface area contributed by atoms with Gasteiger partial charge in [-0.3, -0.25) is 14.5 Å². The molecule has 1 atom stereocenters. The van der Waals surface area contributed by atoms with Crippen molar-refractivity contribution in [1.29, 1.82) is 0 Å². The number of hydrogen-bond acceptors (Lipinski definition) is 4. The smallest absolute Gasteiger partial charge is 0.238 e. The summed E-state index contributed by atoms with van der Waals surface area (Å²) in [6, 6.07) is 13.6. The lowest BCUT2D eigenvalue weighted by Crippen LogP contribution is -2.43. The predicted molar refractivity (Wildman–Crippen MR) is 120 cm³/mol. The monoisotopic (exact) mass is 493 g/mol. The Morgan fingerprint density at radius 2 is 1.93 bits per heavy atom. The highest BCUT2D eigenvalue weighted by molar-refractivity contribution is 14.1. The third-order valence-electron chi connectivity index (χ3n) is 4.25. The minimum atomic E-state index is -0.503. The van der Waals surface area contributed by atoms with Crippen LogP contribution in [0.3, 0.4) is 0 Å². The average molecular weight is 493 g/mol. The summed E-state index contributed by atoms with van der Waals surface area (Å²) in [6.45, 7) is 3.97. The number of aryl methyl sites for hydroxylation is 2. The second kappa shape index (κ2) is 8.43. The third-order valence-corrected chi connectivity index (χ3v) is 6.21. The van der Waals surface area contributed by atoms with Gasteiger partial charge in [-0.05, 0) is 72.3 Å². The van der Waals surface area contributed by atoms with Crippen molar-refractivity contribution in [2.75, 3.05) is 12.4 Å². The van der Waals surface area contributed by atoms with Crippen LogP contribution in [-0.2, 0) is 9.59 Å². The molecule has 2 amide bonds. The zero-order chi connectivity index (χ0) is 19.6. The van der Waals surface area contributed by atoms with Gasteiger partial charge in [0.25, 0.3) is 0 Å². The van der Waals surface area contributed by atoms with E-state index in [1.165, 1.54) is 16.7 Å². The van der Waals surface area contributed by atoms with Crippen LogP contribution in [0.15, 0.2) is 47.5 Å². The number of benzene rings is 2. The summed E-state index contributed by atoms with van der Waals surface area (Å²) in [5, 5.41) is 2.98. The van der Waals surface area contributed by atoms with Crippen LogP contribution in [0.5, 0.6) is 0 Å². The molecule has 0 aromatic heterocycles. The van der Waals surface area contributed by atoms with Gasteiger partial charge in [-0.25, -0.2) is 4.99 Å². The number of amidine groups is 1. The molecule has 1 aliphatic rings. The molecule has 0 bridgehead atoms. The summed E-state index contributed by atoms with van der Waals surface area (Å²) in [4.78, 5) is 31.2. The van der Waals surface area contributed by atoms with E-state index in [0.717, 1.165) is 26.1 Å². The number of carbonyl (C=O) groups is 2. The third kappa shape index (κ3) is 4.90. The minimum Gasteiger partial charge on any atom is -0.325 e. The van der Waals surface area contributed by atoms with Crippen LogP contribution >= 0.6 is 34.4 Å². The van der Waals surface area contributed by atoms with Crippen molar-refractivity contribution in [1.82, 2.24) is 4.90 Å². The molecular formula is C20H20IN3O2S. The van der Waals surface area contributed by atoms with E-state index in [2.05, 4.69) is 32.9 Å². The van der Waals surface area contributed by atoms with E-state index in [-0.39, 0.29) is 18.2 Å². The summed E-state index contributed by atoms with van der Waals surface area (Å²) < 4.78 is 1.11. The van der Waals surface area contributed by atoms with Crippen molar-refractivity contribution in [2.45, 2.75) is 25.5 Å². The highest BCUT2D eigenvalue weighted by atomic mass is 127. The summed E-state index contributed by atoms with van der Waals surface area (Å²) in [5.74, 6) is -0.289. The molecule has 0 unspecified atom stereocenters. The molecule has 1 fully saturated rings. The number of carbonyl (C=O) groups excluding carboxylic acids is 2. The van der Waals surface area contributed by atoms with Crippen molar-refractivity contribution in [3.8, 4) is 0 Å². The zero-order valence-electron chi connectivity index (χ0n) is 15.3. The van der Waals surface area contributed by atoms with Gasteiger partial charge in [-0.15, -0.1) is 0 Å².